The Morgan fingerprint density at radius 3 is 2.71 bits per heavy atom. The summed E-state index contributed by atoms with van der Waals surface area (Å²) < 4.78 is 0. The lowest BCUT2D eigenvalue weighted by Crippen LogP contribution is -2.47. The van der Waals surface area contributed by atoms with Crippen molar-refractivity contribution in [3.63, 3.8) is 0 Å². The van der Waals surface area contributed by atoms with E-state index in [0.29, 0.717) is 6.54 Å². The Kier molecular flexibility index (Phi) is 3.82. The van der Waals surface area contributed by atoms with Gasteiger partial charge in [0.05, 0.1) is 12.6 Å². The molecule has 1 saturated heterocycles. The fourth-order valence-corrected chi connectivity index (χ4v) is 3.48. The lowest BCUT2D eigenvalue weighted by atomic mass is 10.0. The van der Waals surface area contributed by atoms with Crippen molar-refractivity contribution in [1.29, 1.82) is 0 Å². The van der Waals surface area contributed by atoms with Crippen LogP contribution in [0.4, 0.5) is 0 Å². The number of nitrogens with zero attached hydrogens (tertiary/aromatic N) is 2. The molecule has 0 radical (unpaired) electrons. The van der Waals surface area contributed by atoms with Gasteiger partial charge >= 0.3 is 0 Å². The highest BCUT2D eigenvalue weighted by molar-refractivity contribution is 5.84. The van der Waals surface area contributed by atoms with Crippen molar-refractivity contribution in [3.05, 3.63) is 83.7 Å². The summed E-state index contributed by atoms with van der Waals surface area (Å²) in [7, 11) is 0. The maximum Gasteiger partial charge on any atom is 0.251 e. The second-order valence-electron chi connectivity index (χ2n) is 6.50. The van der Waals surface area contributed by atoms with E-state index in [-0.39, 0.29) is 18.0 Å². The van der Waals surface area contributed by atoms with Gasteiger partial charge in [-0.15, -0.1) is 0 Å². The minimum absolute atomic E-state index is 0.134. The number of benzene rings is 2. The van der Waals surface area contributed by atoms with E-state index in [9.17, 15) is 4.79 Å². The zero-order chi connectivity index (χ0) is 16.5. The molecule has 2 heterocycles. The zero-order valence-electron chi connectivity index (χ0n) is 13.7. The molecular weight excluding hydrogens is 298 g/mol. The third kappa shape index (κ3) is 2.81. The average molecular weight is 319 g/mol. The Morgan fingerprint density at radius 1 is 1.08 bits per heavy atom. The molecule has 0 saturated carbocycles. The number of hydrogen-bond acceptors (Lipinski definition) is 3. The fraction of sp³-hybridized carbons (Fsp3) is 0.250. The molecule has 0 aliphatic carbocycles. The quantitative estimate of drug-likeness (QED) is 0.944. The van der Waals surface area contributed by atoms with Crippen LogP contribution in [0.25, 0.3) is 0 Å². The molecule has 0 bridgehead atoms. The number of rotatable bonds is 3. The first-order valence-electron chi connectivity index (χ1n) is 8.34. The summed E-state index contributed by atoms with van der Waals surface area (Å²) in [6.07, 6.45) is 4.64. The van der Waals surface area contributed by atoms with E-state index in [0.717, 1.165) is 12.0 Å². The molecule has 1 fully saturated rings. The van der Waals surface area contributed by atoms with E-state index in [1.54, 1.807) is 0 Å². The predicted octanol–water partition coefficient (Wildman–Crippen LogP) is 3.13. The van der Waals surface area contributed by atoms with Crippen molar-refractivity contribution in [2.24, 2.45) is 0 Å². The minimum atomic E-state index is -0.134. The minimum Gasteiger partial charge on any atom is -0.311 e. The van der Waals surface area contributed by atoms with Crippen LogP contribution in [0.15, 0.2) is 67.0 Å². The predicted molar refractivity (Wildman–Crippen MR) is 93.4 cm³/mol. The lowest BCUT2D eigenvalue weighted by Gasteiger charge is -2.31. The second-order valence-corrected chi connectivity index (χ2v) is 6.50. The van der Waals surface area contributed by atoms with Gasteiger partial charge in [0.15, 0.2) is 0 Å². The molecule has 24 heavy (non-hydrogen) atoms. The molecule has 1 N–H and O–H groups in total. The van der Waals surface area contributed by atoms with E-state index >= 15 is 0 Å². The van der Waals surface area contributed by atoms with Crippen molar-refractivity contribution >= 4 is 5.91 Å². The number of carbonyl (C=O) groups excluding carboxylic acids is 1. The lowest BCUT2D eigenvalue weighted by molar-refractivity contribution is -0.134. The summed E-state index contributed by atoms with van der Waals surface area (Å²) in [5, 5.41) is 1.95. The second kappa shape index (κ2) is 6.13. The van der Waals surface area contributed by atoms with Gasteiger partial charge in [0.1, 0.15) is 6.04 Å². The molecule has 4 heteroatoms. The van der Waals surface area contributed by atoms with Crippen LogP contribution < -0.4 is 5.43 Å². The molecule has 1 amide bonds. The third-order valence-corrected chi connectivity index (χ3v) is 4.71. The zero-order valence-corrected chi connectivity index (χ0v) is 13.7. The molecular formula is C20H21N3O. The number of nitrogens with one attached hydrogen (secondary N) is 1. The van der Waals surface area contributed by atoms with Crippen molar-refractivity contribution in [1.82, 2.24) is 15.3 Å². The van der Waals surface area contributed by atoms with Gasteiger partial charge in [0, 0.05) is 12.4 Å². The highest BCUT2D eigenvalue weighted by atomic mass is 16.2. The molecule has 0 spiro atoms. The van der Waals surface area contributed by atoms with Crippen LogP contribution in [-0.4, -0.2) is 21.9 Å². The number of amides is 1. The van der Waals surface area contributed by atoms with Crippen LogP contribution in [0.5, 0.6) is 0 Å². The third-order valence-electron chi connectivity index (χ3n) is 4.71. The first-order chi connectivity index (χ1) is 11.7. The molecule has 2 atom stereocenters. The van der Waals surface area contributed by atoms with Crippen LogP contribution in [0.1, 0.15) is 29.2 Å². The van der Waals surface area contributed by atoms with Crippen molar-refractivity contribution in [2.75, 3.05) is 0 Å². The molecule has 2 aromatic carbocycles. The van der Waals surface area contributed by atoms with E-state index in [2.05, 4.69) is 42.7 Å². The Balaban J connectivity index is 1.49. The topological polar surface area (TPSA) is 35.6 Å². The number of fused-ring (bicyclic) bond motifs is 1. The largest absolute Gasteiger partial charge is 0.311 e. The summed E-state index contributed by atoms with van der Waals surface area (Å²) in [4.78, 5) is 14.7. The highest BCUT2D eigenvalue weighted by Gasteiger charge is 2.39. The Labute approximate surface area is 142 Å². The Hall–Kier alpha value is -2.59. The van der Waals surface area contributed by atoms with Gasteiger partial charge in [-0.25, -0.2) is 5.43 Å². The van der Waals surface area contributed by atoms with Crippen molar-refractivity contribution in [2.45, 2.75) is 32.0 Å². The van der Waals surface area contributed by atoms with Crippen molar-refractivity contribution < 1.29 is 4.79 Å². The molecule has 2 aliphatic heterocycles. The van der Waals surface area contributed by atoms with Crippen LogP contribution >= 0.6 is 0 Å². The van der Waals surface area contributed by atoms with E-state index in [1.807, 2.05) is 46.6 Å². The maximum atomic E-state index is 12.9. The van der Waals surface area contributed by atoms with Crippen LogP contribution in [0.2, 0.25) is 0 Å². The van der Waals surface area contributed by atoms with Gasteiger partial charge in [-0.05, 0) is 24.5 Å². The van der Waals surface area contributed by atoms with Gasteiger partial charge in [0.25, 0.3) is 5.91 Å². The maximum absolute atomic E-state index is 12.9. The fourth-order valence-electron chi connectivity index (χ4n) is 3.48. The normalized spacial score (nSPS) is 22.8. The number of carbonyl (C=O) groups is 1. The molecule has 4 rings (SSSR count). The SMILES string of the molecule is Cc1cccc(CN2C=CN3NC(c4ccccc4)CC3C2=O)c1. The van der Waals surface area contributed by atoms with Crippen LogP contribution in [0, 0.1) is 6.92 Å². The van der Waals surface area contributed by atoms with Gasteiger partial charge in [-0.2, -0.15) is 0 Å². The number of hydrogen-bond donors (Lipinski definition) is 1. The van der Waals surface area contributed by atoms with Gasteiger partial charge in [-0.3, -0.25) is 4.79 Å². The molecule has 2 aromatic rings. The van der Waals surface area contributed by atoms with Crippen molar-refractivity contribution in [3.8, 4) is 0 Å². The standard InChI is InChI=1S/C20H21N3O/c1-15-6-5-7-16(12-15)14-22-10-11-23-19(20(22)24)13-18(21-23)17-8-3-2-4-9-17/h2-12,18-19,21H,13-14H2,1H3. The summed E-state index contributed by atoms with van der Waals surface area (Å²) in [5.74, 6) is 0.157. The van der Waals surface area contributed by atoms with Crippen LogP contribution in [0.3, 0.4) is 0 Å². The van der Waals surface area contributed by atoms with E-state index < -0.39 is 0 Å². The number of aryl methyl sites for hydroxylation is 1. The summed E-state index contributed by atoms with van der Waals surface area (Å²) in [5.41, 5.74) is 7.03. The molecule has 122 valence electrons. The monoisotopic (exact) mass is 319 g/mol. The summed E-state index contributed by atoms with van der Waals surface area (Å²) in [6.45, 7) is 2.70. The molecule has 4 nitrogen and oxygen atoms in total. The average Bonchev–Trinajstić information content (AvgIpc) is 3.03. The molecule has 2 unspecified atom stereocenters. The first-order valence-corrected chi connectivity index (χ1v) is 8.34. The molecule has 0 aromatic heterocycles. The van der Waals surface area contributed by atoms with E-state index in [4.69, 9.17) is 0 Å². The Morgan fingerprint density at radius 2 is 1.92 bits per heavy atom. The smallest absolute Gasteiger partial charge is 0.251 e. The highest BCUT2D eigenvalue weighted by Crippen LogP contribution is 2.31. The van der Waals surface area contributed by atoms with Gasteiger partial charge < -0.3 is 9.91 Å². The summed E-state index contributed by atoms with van der Waals surface area (Å²) in [6, 6.07) is 18.7. The van der Waals surface area contributed by atoms with Crippen LogP contribution in [-0.2, 0) is 11.3 Å². The number of hydrazine groups is 1. The Bertz CT molecular complexity index is 771. The summed E-state index contributed by atoms with van der Waals surface area (Å²) >= 11 is 0. The van der Waals surface area contributed by atoms with Gasteiger partial charge in [-0.1, -0.05) is 60.2 Å². The van der Waals surface area contributed by atoms with Gasteiger partial charge in [0.2, 0.25) is 0 Å². The first kappa shape index (κ1) is 15.0. The van der Waals surface area contributed by atoms with E-state index in [1.165, 1.54) is 11.1 Å². The molecule has 2 aliphatic rings.